The molecule has 0 spiro atoms. The van der Waals surface area contributed by atoms with Crippen molar-refractivity contribution in [3.8, 4) is 17.2 Å². The Morgan fingerprint density at radius 3 is 2.36 bits per heavy atom. The lowest BCUT2D eigenvalue weighted by Gasteiger charge is -2.14. The molecule has 2 aromatic heterocycles. The zero-order valence-corrected chi connectivity index (χ0v) is 19.3. The first-order valence-electron chi connectivity index (χ1n) is 10.2. The van der Waals surface area contributed by atoms with Crippen LogP contribution < -0.4 is 30.8 Å². The quantitative estimate of drug-likeness (QED) is 0.209. The van der Waals surface area contributed by atoms with Crippen molar-refractivity contribution in [1.82, 2.24) is 19.9 Å². The van der Waals surface area contributed by atoms with Gasteiger partial charge in [0.15, 0.2) is 17.2 Å². The van der Waals surface area contributed by atoms with Gasteiger partial charge in [-0.05, 0) is 31.5 Å². The predicted molar refractivity (Wildman–Crippen MR) is 124 cm³/mol. The number of aromatic amines is 1. The van der Waals surface area contributed by atoms with Gasteiger partial charge in [0.2, 0.25) is 11.9 Å². The van der Waals surface area contributed by atoms with E-state index in [2.05, 4.69) is 30.0 Å². The number of anilines is 3. The van der Waals surface area contributed by atoms with E-state index in [1.54, 1.807) is 26.0 Å². The second kappa shape index (κ2) is 8.87. The number of halogens is 3. The number of carbonyl (C=O) groups is 1. The van der Waals surface area contributed by atoms with Crippen molar-refractivity contribution < 1.29 is 32.2 Å². The highest BCUT2D eigenvalue weighted by Gasteiger charge is 2.42. The van der Waals surface area contributed by atoms with Crippen LogP contribution in [0.3, 0.4) is 0 Å². The lowest BCUT2D eigenvalue weighted by molar-refractivity contribution is -0.189. The van der Waals surface area contributed by atoms with Crippen molar-refractivity contribution in [1.29, 1.82) is 0 Å². The highest BCUT2D eigenvalue weighted by molar-refractivity contribution is 5.95. The molecule has 14 heteroatoms. The SMILES string of the molecule is COc1cc2nc(Nc3nc4c(C)cc(N)c(OC(=O)C(F)(F)F)c4c(=O)[nH]3)nc(C)c2cc1OC. The number of nitrogens with zero attached hydrogens (tertiary/aromatic N) is 3. The van der Waals surface area contributed by atoms with Crippen molar-refractivity contribution in [3.63, 3.8) is 0 Å². The fourth-order valence-electron chi connectivity index (χ4n) is 3.57. The highest BCUT2D eigenvalue weighted by Crippen LogP contribution is 2.35. The van der Waals surface area contributed by atoms with Crippen LogP contribution in [0.1, 0.15) is 11.3 Å². The van der Waals surface area contributed by atoms with E-state index in [9.17, 15) is 22.8 Å². The Kier molecular flexibility index (Phi) is 6.04. The van der Waals surface area contributed by atoms with E-state index in [0.717, 1.165) is 0 Å². The first-order valence-corrected chi connectivity index (χ1v) is 10.2. The average Bonchev–Trinajstić information content (AvgIpc) is 2.80. The van der Waals surface area contributed by atoms with Crippen molar-refractivity contribution in [2.75, 3.05) is 25.3 Å². The maximum Gasteiger partial charge on any atom is 0.491 e. The van der Waals surface area contributed by atoms with E-state index in [1.165, 1.54) is 20.3 Å². The Hall–Kier alpha value is -4.62. The van der Waals surface area contributed by atoms with E-state index >= 15 is 0 Å². The summed E-state index contributed by atoms with van der Waals surface area (Å²) in [5.74, 6) is -2.35. The minimum atomic E-state index is -5.29. The van der Waals surface area contributed by atoms with Crippen LogP contribution in [-0.2, 0) is 4.79 Å². The number of rotatable bonds is 5. The number of H-pyrrole nitrogens is 1. The molecule has 4 rings (SSSR count). The summed E-state index contributed by atoms with van der Waals surface area (Å²) in [4.78, 5) is 39.6. The van der Waals surface area contributed by atoms with Crippen molar-refractivity contribution >= 4 is 45.4 Å². The number of aromatic nitrogens is 4. The van der Waals surface area contributed by atoms with Crippen molar-refractivity contribution in [2.24, 2.45) is 0 Å². The molecule has 188 valence electrons. The number of carbonyl (C=O) groups excluding carboxylic acids is 1. The monoisotopic (exact) mass is 504 g/mol. The number of fused-ring (bicyclic) bond motifs is 2. The van der Waals surface area contributed by atoms with Gasteiger partial charge in [-0.1, -0.05) is 0 Å². The van der Waals surface area contributed by atoms with Crippen LogP contribution in [0, 0.1) is 13.8 Å². The predicted octanol–water partition coefficient (Wildman–Crippen LogP) is 3.29. The van der Waals surface area contributed by atoms with Crippen LogP contribution in [0.2, 0.25) is 0 Å². The molecule has 2 heterocycles. The third-order valence-corrected chi connectivity index (χ3v) is 5.20. The molecule has 4 aromatic rings. The minimum absolute atomic E-state index is 0.0376. The molecule has 0 radical (unpaired) electrons. The molecule has 11 nitrogen and oxygen atoms in total. The number of hydrogen-bond donors (Lipinski definition) is 3. The average molecular weight is 504 g/mol. The summed E-state index contributed by atoms with van der Waals surface area (Å²) in [6.45, 7) is 3.28. The fourth-order valence-corrected chi connectivity index (χ4v) is 3.57. The van der Waals surface area contributed by atoms with Gasteiger partial charge in [0, 0.05) is 11.5 Å². The normalized spacial score (nSPS) is 11.5. The number of nitrogen functional groups attached to an aromatic ring is 1. The van der Waals surface area contributed by atoms with E-state index in [0.29, 0.717) is 33.7 Å². The molecule has 0 fully saturated rings. The van der Waals surface area contributed by atoms with Gasteiger partial charge < -0.3 is 19.9 Å². The second-order valence-electron chi connectivity index (χ2n) is 7.62. The van der Waals surface area contributed by atoms with Crippen LogP contribution in [0.15, 0.2) is 23.0 Å². The molecule has 0 aliphatic heterocycles. The number of aryl methyl sites for hydroxylation is 2. The number of hydrogen-bond acceptors (Lipinski definition) is 10. The Labute approximate surface area is 200 Å². The zero-order valence-electron chi connectivity index (χ0n) is 19.3. The molecule has 0 saturated carbocycles. The van der Waals surface area contributed by atoms with E-state index < -0.39 is 28.8 Å². The van der Waals surface area contributed by atoms with Crippen LogP contribution >= 0.6 is 0 Å². The van der Waals surface area contributed by atoms with Gasteiger partial charge >= 0.3 is 12.1 Å². The minimum Gasteiger partial charge on any atom is -0.493 e. The Morgan fingerprint density at radius 1 is 1.06 bits per heavy atom. The molecule has 36 heavy (non-hydrogen) atoms. The van der Waals surface area contributed by atoms with Gasteiger partial charge in [-0.2, -0.15) is 13.2 Å². The molecule has 4 N–H and O–H groups in total. The molecule has 0 aliphatic rings. The van der Waals surface area contributed by atoms with Crippen molar-refractivity contribution in [2.45, 2.75) is 20.0 Å². The molecule has 0 saturated heterocycles. The maximum absolute atomic E-state index is 12.8. The number of methoxy groups -OCH3 is 2. The van der Waals surface area contributed by atoms with Gasteiger partial charge in [-0.15, -0.1) is 0 Å². The molecule has 0 aliphatic carbocycles. The third-order valence-electron chi connectivity index (χ3n) is 5.20. The van der Waals surface area contributed by atoms with Gasteiger partial charge in [-0.25, -0.2) is 19.7 Å². The summed E-state index contributed by atoms with van der Waals surface area (Å²) in [7, 11) is 2.98. The molecular weight excluding hydrogens is 485 g/mol. The van der Waals surface area contributed by atoms with Gasteiger partial charge in [-0.3, -0.25) is 15.1 Å². The number of alkyl halides is 3. The molecule has 2 aromatic carbocycles. The molecule has 0 amide bonds. The smallest absolute Gasteiger partial charge is 0.491 e. The van der Waals surface area contributed by atoms with Gasteiger partial charge in [0.05, 0.1) is 36.6 Å². The number of ether oxygens (including phenoxy) is 3. The van der Waals surface area contributed by atoms with Crippen LogP contribution in [0.5, 0.6) is 17.2 Å². The van der Waals surface area contributed by atoms with Crippen LogP contribution in [0.4, 0.5) is 30.8 Å². The number of nitrogens with one attached hydrogen (secondary N) is 2. The second-order valence-corrected chi connectivity index (χ2v) is 7.62. The maximum atomic E-state index is 12.8. The van der Waals surface area contributed by atoms with E-state index in [4.69, 9.17) is 15.2 Å². The lowest BCUT2D eigenvalue weighted by atomic mass is 10.1. The summed E-state index contributed by atoms with van der Waals surface area (Å²) in [5, 5.41) is 3.06. The Balaban J connectivity index is 1.80. The van der Waals surface area contributed by atoms with Crippen LogP contribution in [0.25, 0.3) is 21.8 Å². The summed E-state index contributed by atoms with van der Waals surface area (Å²) >= 11 is 0. The first-order chi connectivity index (χ1) is 16.9. The largest absolute Gasteiger partial charge is 0.493 e. The zero-order chi connectivity index (χ0) is 26.4. The van der Waals surface area contributed by atoms with Gasteiger partial charge in [0.25, 0.3) is 5.56 Å². The number of esters is 1. The van der Waals surface area contributed by atoms with E-state index in [-0.39, 0.29) is 23.1 Å². The lowest BCUT2D eigenvalue weighted by Crippen LogP contribution is -2.29. The summed E-state index contributed by atoms with van der Waals surface area (Å²) in [5.41, 5.74) is 5.93. The summed E-state index contributed by atoms with van der Waals surface area (Å²) in [6, 6.07) is 4.62. The third kappa shape index (κ3) is 4.39. The number of nitrogens with two attached hydrogens (primary N) is 1. The number of benzene rings is 2. The van der Waals surface area contributed by atoms with Crippen LogP contribution in [-0.4, -0.2) is 46.3 Å². The van der Waals surface area contributed by atoms with Crippen molar-refractivity contribution in [3.05, 3.63) is 39.8 Å². The highest BCUT2D eigenvalue weighted by atomic mass is 19.4. The Bertz CT molecular complexity index is 1590. The molecule has 0 atom stereocenters. The fraction of sp³-hybridized carbons (Fsp3) is 0.227. The summed E-state index contributed by atoms with van der Waals surface area (Å²) in [6.07, 6.45) is -5.29. The summed E-state index contributed by atoms with van der Waals surface area (Å²) < 4.78 is 53.2. The Morgan fingerprint density at radius 2 is 1.72 bits per heavy atom. The molecule has 0 unspecified atom stereocenters. The van der Waals surface area contributed by atoms with E-state index in [1.807, 2.05) is 0 Å². The standard InChI is InChI=1S/C22H19F3N6O5/c1-8-5-11(26)17(36-19(33)22(23,24)25)15-16(8)29-21(30-18(15)32)31-20-27-9(2)10-6-13(34-3)14(35-4)7-12(10)28-20/h5-7H,26H2,1-4H3,(H2,27,28,29,30,31,32). The topological polar surface area (TPSA) is 154 Å². The molecule has 0 bridgehead atoms. The van der Waals surface area contributed by atoms with Gasteiger partial charge in [0.1, 0.15) is 5.39 Å². The molecular formula is C22H19F3N6O5. The first kappa shape index (κ1) is 24.5.